The highest BCUT2D eigenvalue weighted by atomic mass is 16.5. The lowest BCUT2D eigenvalue weighted by Gasteiger charge is -2.33. The summed E-state index contributed by atoms with van der Waals surface area (Å²) in [7, 11) is 0. The van der Waals surface area contributed by atoms with Crippen LogP contribution in [0.25, 0.3) is 0 Å². The number of rotatable bonds is 6. The smallest absolute Gasteiger partial charge is 0.213 e. The van der Waals surface area contributed by atoms with E-state index in [0.29, 0.717) is 6.04 Å². The van der Waals surface area contributed by atoms with E-state index in [9.17, 15) is 0 Å². The van der Waals surface area contributed by atoms with E-state index in [1.54, 1.807) is 0 Å². The molecule has 1 unspecified atom stereocenters. The first kappa shape index (κ1) is 14.2. The minimum Gasteiger partial charge on any atom is -0.343 e. The summed E-state index contributed by atoms with van der Waals surface area (Å²) in [5, 5.41) is 7.45. The van der Waals surface area contributed by atoms with Crippen LogP contribution in [0.2, 0.25) is 0 Å². The summed E-state index contributed by atoms with van der Waals surface area (Å²) < 4.78 is 4.74. The second-order valence-corrected chi connectivity index (χ2v) is 5.61. The third-order valence-electron chi connectivity index (χ3n) is 3.94. The van der Waals surface area contributed by atoms with Crippen molar-refractivity contribution >= 4 is 0 Å². The van der Waals surface area contributed by atoms with Crippen LogP contribution >= 0.6 is 0 Å². The van der Waals surface area contributed by atoms with Gasteiger partial charge in [0.25, 0.3) is 0 Å². The van der Waals surface area contributed by atoms with Crippen molar-refractivity contribution in [3.8, 4) is 0 Å². The summed E-state index contributed by atoms with van der Waals surface area (Å²) in [4.78, 5) is 6.57. The Balaban J connectivity index is 1.42. The van der Waals surface area contributed by atoms with Gasteiger partial charge in [-0.3, -0.25) is 4.90 Å². The van der Waals surface area contributed by atoms with Crippen LogP contribution in [-0.2, 0) is 13.0 Å². The normalized spacial score (nSPS) is 19.7. The van der Waals surface area contributed by atoms with Crippen LogP contribution in [0.4, 0.5) is 0 Å². The van der Waals surface area contributed by atoms with Crippen LogP contribution in [0.15, 0.2) is 41.2 Å². The van der Waals surface area contributed by atoms with Gasteiger partial charge in [0.2, 0.25) is 6.39 Å². The van der Waals surface area contributed by atoms with Crippen LogP contribution in [0.1, 0.15) is 24.2 Å². The molecule has 3 rings (SSSR count). The fraction of sp³-hybridized carbons (Fsp3) is 0.500. The highest BCUT2D eigenvalue weighted by Gasteiger charge is 2.19. The lowest BCUT2D eigenvalue weighted by atomic mass is 10.0. The van der Waals surface area contributed by atoms with Gasteiger partial charge in [-0.25, -0.2) is 0 Å². The maximum Gasteiger partial charge on any atom is 0.213 e. The molecule has 5 heteroatoms. The molecule has 1 fully saturated rings. The van der Waals surface area contributed by atoms with Crippen LogP contribution in [0, 0.1) is 0 Å². The quantitative estimate of drug-likeness (QED) is 0.878. The van der Waals surface area contributed by atoms with Gasteiger partial charge in [-0.2, -0.15) is 4.98 Å². The van der Waals surface area contributed by atoms with Crippen molar-refractivity contribution in [2.75, 3.05) is 19.6 Å². The SMILES string of the molecule is c1ccc(CN2CCCC(NCCc3ncon3)C2)cc1. The molecule has 1 saturated heterocycles. The average molecular weight is 286 g/mol. The number of hydrogen-bond donors (Lipinski definition) is 1. The van der Waals surface area contributed by atoms with Crippen LogP contribution < -0.4 is 5.32 Å². The van der Waals surface area contributed by atoms with Gasteiger partial charge in [0.05, 0.1) is 0 Å². The zero-order valence-electron chi connectivity index (χ0n) is 12.2. The molecule has 0 radical (unpaired) electrons. The van der Waals surface area contributed by atoms with Gasteiger partial charge in [0.1, 0.15) is 0 Å². The number of nitrogens with zero attached hydrogens (tertiary/aromatic N) is 3. The summed E-state index contributed by atoms with van der Waals surface area (Å²) >= 11 is 0. The zero-order valence-corrected chi connectivity index (χ0v) is 12.2. The largest absolute Gasteiger partial charge is 0.343 e. The summed E-state index contributed by atoms with van der Waals surface area (Å²) in [6.07, 6.45) is 4.72. The molecule has 112 valence electrons. The van der Waals surface area contributed by atoms with Crippen molar-refractivity contribution in [2.45, 2.75) is 31.8 Å². The Morgan fingerprint density at radius 3 is 3.00 bits per heavy atom. The molecule has 1 aromatic heterocycles. The first-order chi connectivity index (χ1) is 10.4. The average Bonchev–Trinajstić information content (AvgIpc) is 3.02. The Hall–Kier alpha value is -1.72. The molecule has 0 saturated carbocycles. The lowest BCUT2D eigenvalue weighted by molar-refractivity contribution is 0.184. The molecule has 1 atom stereocenters. The van der Waals surface area contributed by atoms with Gasteiger partial charge in [-0.1, -0.05) is 35.5 Å². The predicted octanol–water partition coefficient (Wildman–Crippen LogP) is 1.87. The van der Waals surface area contributed by atoms with Gasteiger partial charge in [0.15, 0.2) is 5.82 Å². The lowest BCUT2D eigenvalue weighted by Crippen LogP contribution is -2.45. The molecule has 2 heterocycles. The highest BCUT2D eigenvalue weighted by molar-refractivity contribution is 5.14. The van der Waals surface area contributed by atoms with E-state index in [1.807, 2.05) is 0 Å². The molecule has 0 aliphatic carbocycles. The Morgan fingerprint density at radius 1 is 1.29 bits per heavy atom. The van der Waals surface area contributed by atoms with Crippen molar-refractivity contribution in [3.63, 3.8) is 0 Å². The minimum absolute atomic E-state index is 0.564. The van der Waals surface area contributed by atoms with Crippen molar-refractivity contribution in [1.82, 2.24) is 20.4 Å². The molecular formula is C16H22N4O. The highest BCUT2D eigenvalue weighted by Crippen LogP contribution is 2.13. The molecule has 0 spiro atoms. The van der Waals surface area contributed by atoms with Crippen molar-refractivity contribution in [2.24, 2.45) is 0 Å². The molecule has 1 N–H and O–H groups in total. The van der Waals surface area contributed by atoms with Gasteiger partial charge in [-0.05, 0) is 24.9 Å². The number of aromatic nitrogens is 2. The summed E-state index contributed by atoms with van der Waals surface area (Å²) in [6, 6.07) is 11.3. The van der Waals surface area contributed by atoms with Crippen LogP contribution in [0.3, 0.4) is 0 Å². The van der Waals surface area contributed by atoms with Gasteiger partial charge < -0.3 is 9.84 Å². The van der Waals surface area contributed by atoms with Gasteiger partial charge in [-0.15, -0.1) is 0 Å². The van der Waals surface area contributed by atoms with E-state index in [2.05, 4.69) is 50.7 Å². The summed E-state index contributed by atoms with van der Waals surface area (Å²) in [5.41, 5.74) is 1.39. The monoisotopic (exact) mass is 286 g/mol. The predicted molar refractivity (Wildman–Crippen MR) is 80.7 cm³/mol. The second-order valence-electron chi connectivity index (χ2n) is 5.61. The molecule has 5 nitrogen and oxygen atoms in total. The van der Waals surface area contributed by atoms with Crippen LogP contribution in [-0.4, -0.2) is 40.7 Å². The minimum atomic E-state index is 0.564. The Kier molecular flexibility index (Phi) is 4.97. The number of piperidine rings is 1. The first-order valence-corrected chi connectivity index (χ1v) is 7.65. The maximum atomic E-state index is 4.74. The number of likely N-dealkylation sites (tertiary alicyclic amines) is 1. The van der Waals surface area contributed by atoms with Crippen molar-refractivity contribution in [1.29, 1.82) is 0 Å². The van der Waals surface area contributed by atoms with Gasteiger partial charge >= 0.3 is 0 Å². The van der Waals surface area contributed by atoms with E-state index in [1.165, 1.54) is 31.3 Å². The fourth-order valence-corrected chi connectivity index (χ4v) is 2.90. The molecule has 21 heavy (non-hydrogen) atoms. The molecule has 1 aliphatic heterocycles. The van der Waals surface area contributed by atoms with Crippen molar-refractivity contribution in [3.05, 3.63) is 48.1 Å². The Labute approximate surface area is 125 Å². The maximum absolute atomic E-state index is 4.74. The molecule has 2 aromatic rings. The topological polar surface area (TPSA) is 54.2 Å². The fourth-order valence-electron chi connectivity index (χ4n) is 2.90. The number of hydrogen-bond acceptors (Lipinski definition) is 5. The molecule has 1 aromatic carbocycles. The summed E-state index contributed by atoms with van der Waals surface area (Å²) in [6.45, 7) is 4.26. The van der Waals surface area contributed by atoms with E-state index >= 15 is 0 Å². The number of benzene rings is 1. The third kappa shape index (κ3) is 4.37. The summed E-state index contributed by atoms with van der Waals surface area (Å²) in [5.74, 6) is 0.777. The van der Waals surface area contributed by atoms with E-state index < -0.39 is 0 Å². The van der Waals surface area contributed by atoms with E-state index in [4.69, 9.17) is 4.52 Å². The molecular weight excluding hydrogens is 264 g/mol. The molecule has 1 aliphatic rings. The first-order valence-electron chi connectivity index (χ1n) is 7.65. The van der Waals surface area contributed by atoms with Crippen LogP contribution in [0.5, 0.6) is 0 Å². The standard InChI is InChI=1S/C16H22N4O/c1-2-5-14(6-3-1)11-20-10-4-7-15(12-20)17-9-8-16-18-13-21-19-16/h1-3,5-6,13,15,17H,4,7-12H2. The third-order valence-corrected chi connectivity index (χ3v) is 3.94. The Bertz CT molecular complexity index is 514. The van der Waals surface area contributed by atoms with Gasteiger partial charge in [0, 0.05) is 32.1 Å². The second kappa shape index (κ2) is 7.33. The van der Waals surface area contributed by atoms with E-state index in [-0.39, 0.29) is 0 Å². The molecule has 0 amide bonds. The zero-order chi connectivity index (χ0) is 14.3. The van der Waals surface area contributed by atoms with E-state index in [0.717, 1.165) is 31.9 Å². The number of nitrogens with one attached hydrogen (secondary N) is 1. The Morgan fingerprint density at radius 2 is 2.19 bits per heavy atom. The van der Waals surface area contributed by atoms with Crippen molar-refractivity contribution < 1.29 is 4.52 Å². The molecule has 0 bridgehead atoms.